The van der Waals surface area contributed by atoms with E-state index in [1.54, 1.807) is 0 Å². The van der Waals surface area contributed by atoms with Crippen molar-refractivity contribution in [2.24, 2.45) is 10.2 Å². The Morgan fingerprint density at radius 3 is 2.61 bits per heavy atom. The molecule has 1 heterocycles. The van der Waals surface area contributed by atoms with E-state index in [0.717, 1.165) is 22.9 Å². The molecule has 1 atom stereocenters. The SMILES string of the molecule is O=C(O)CC1S/C(=N/N=C/c2ccc(OCc3ccc(Cl)cc3)cc2)NC1=O. The van der Waals surface area contributed by atoms with Crippen LogP contribution in [0.15, 0.2) is 58.7 Å². The summed E-state index contributed by atoms with van der Waals surface area (Å²) >= 11 is 6.91. The van der Waals surface area contributed by atoms with Crippen molar-refractivity contribution in [1.29, 1.82) is 0 Å². The Labute approximate surface area is 170 Å². The predicted octanol–water partition coefficient (Wildman–Crippen LogP) is 3.32. The summed E-state index contributed by atoms with van der Waals surface area (Å²) in [4.78, 5) is 22.3. The molecule has 0 radical (unpaired) electrons. The van der Waals surface area contributed by atoms with E-state index in [9.17, 15) is 9.59 Å². The van der Waals surface area contributed by atoms with Crippen molar-refractivity contribution in [3.63, 3.8) is 0 Å². The lowest BCUT2D eigenvalue weighted by Gasteiger charge is -2.06. The Balaban J connectivity index is 1.52. The van der Waals surface area contributed by atoms with Gasteiger partial charge < -0.3 is 15.2 Å². The number of carboxylic acid groups (broad SMARTS) is 1. The average molecular weight is 418 g/mol. The van der Waals surface area contributed by atoms with E-state index in [1.807, 2.05) is 48.5 Å². The van der Waals surface area contributed by atoms with Gasteiger partial charge in [-0.2, -0.15) is 5.10 Å². The number of carbonyl (C=O) groups excluding carboxylic acids is 1. The number of amides is 1. The molecule has 2 aromatic rings. The van der Waals surface area contributed by atoms with Gasteiger partial charge in [0.1, 0.15) is 17.6 Å². The van der Waals surface area contributed by atoms with Gasteiger partial charge in [-0.1, -0.05) is 35.5 Å². The highest BCUT2D eigenvalue weighted by atomic mass is 35.5. The van der Waals surface area contributed by atoms with Crippen LogP contribution in [0.4, 0.5) is 0 Å². The molecule has 1 aliphatic rings. The minimum Gasteiger partial charge on any atom is -0.489 e. The maximum Gasteiger partial charge on any atom is 0.305 e. The van der Waals surface area contributed by atoms with Crippen LogP contribution in [0.25, 0.3) is 0 Å². The second kappa shape index (κ2) is 9.38. The van der Waals surface area contributed by atoms with E-state index in [2.05, 4.69) is 15.5 Å². The van der Waals surface area contributed by atoms with Gasteiger partial charge in [-0.05, 0) is 47.5 Å². The first kappa shape index (κ1) is 19.9. The minimum atomic E-state index is -1.03. The predicted molar refractivity (Wildman–Crippen MR) is 109 cm³/mol. The molecule has 1 amide bonds. The van der Waals surface area contributed by atoms with E-state index >= 15 is 0 Å². The molecule has 144 valence electrons. The Kier molecular flexibility index (Phi) is 6.67. The lowest BCUT2D eigenvalue weighted by Crippen LogP contribution is -2.26. The molecule has 0 saturated carbocycles. The zero-order chi connectivity index (χ0) is 19.9. The first-order valence-corrected chi connectivity index (χ1v) is 9.53. The molecule has 1 unspecified atom stereocenters. The molecule has 2 aromatic carbocycles. The number of ether oxygens (including phenoxy) is 1. The number of hydrogen-bond acceptors (Lipinski definition) is 6. The number of halogens is 1. The molecule has 0 aliphatic carbocycles. The highest BCUT2D eigenvalue weighted by molar-refractivity contribution is 8.15. The quantitative estimate of drug-likeness (QED) is 0.531. The normalized spacial score (nSPS) is 17.8. The number of carbonyl (C=O) groups is 2. The number of rotatable bonds is 7. The molecule has 3 rings (SSSR count). The number of nitrogens with zero attached hydrogens (tertiary/aromatic N) is 2. The van der Waals surface area contributed by atoms with Crippen LogP contribution in [0.3, 0.4) is 0 Å². The van der Waals surface area contributed by atoms with E-state index in [4.69, 9.17) is 21.4 Å². The van der Waals surface area contributed by atoms with Crippen molar-refractivity contribution in [1.82, 2.24) is 5.32 Å². The van der Waals surface area contributed by atoms with Gasteiger partial charge in [-0.15, -0.1) is 5.10 Å². The molecule has 2 N–H and O–H groups in total. The first-order valence-electron chi connectivity index (χ1n) is 8.27. The Morgan fingerprint density at radius 2 is 1.93 bits per heavy atom. The summed E-state index contributed by atoms with van der Waals surface area (Å²) in [7, 11) is 0. The van der Waals surface area contributed by atoms with Crippen molar-refractivity contribution in [3.05, 3.63) is 64.7 Å². The van der Waals surface area contributed by atoms with Crippen LogP contribution in [0.5, 0.6) is 5.75 Å². The van der Waals surface area contributed by atoms with Gasteiger partial charge in [0.25, 0.3) is 0 Å². The lowest BCUT2D eigenvalue weighted by atomic mass is 10.2. The summed E-state index contributed by atoms with van der Waals surface area (Å²) in [6.07, 6.45) is 1.28. The minimum absolute atomic E-state index is 0.253. The Hall–Kier alpha value is -2.84. The number of hydrogen-bond donors (Lipinski definition) is 2. The largest absolute Gasteiger partial charge is 0.489 e. The van der Waals surface area contributed by atoms with Crippen molar-refractivity contribution in [3.8, 4) is 5.75 Å². The Morgan fingerprint density at radius 1 is 1.21 bits per heavy atom. The molecule has 0 spiro atoms. The molecule has 1 saturated heterocycles. The highest BCUT2D eigenvalue weighted by Crippen LogP contribution is 2.22. The smallest absolute Gasteiger partial charge is 0.305 e. The maximum atomic E-state index is 11.6. The third-order valence-corrected chi connectivity index (χ3v) is 5.01. The highest BCUT2D eigenvalue weighted by Gasteiger charge is 2.32. The summed E-state index contributed by atoms with van der Waals surface area (Å²) in [6.45, 7) is 0.437. The van der Waals surface area contributed by atoms with Crippen molar-refractivity contribution < 1.29 is 19.4 Å². The summed E-state index contributed by atoms with van der Waals surface area (Å²) in [5.74, 6) is -0.687. The summed E-state index contributed by atoms with van der Waals surface area (Å²) in [5.41, 5.74) is 1.82. The van der Waals surface area contributed by atoms with Crippen LogP contribution >= 0.6 is 23.4 Å². The molecular weight excluding hydrogens is 402 g/mol. The fourth-order valence-electron chi connectivity index (χ4n) is 2.29. The number of carboxylic acids is 1. The van der Waals surface area contributed by atoms with Crippen molar-refractivity contribution in [2.45, 2.75) is 18.3 Å². The average Bonchev–Trinajstić information content (AvgIpc) is 3.01. The monoisotopic (exact) mass is 417 g/mol. The lowest BCUT2D eigenvalue weighted by molar-refractivity contribution is -0.138. The van der Waals surface area contributed by atoms with Gasteiger partial charge >= 0.3 is 5.97 Å². The zero-order valence-corrected chi connectivity index (χ0v) is 16.1. The molecule has 0 bridgehead atoms. The molecule has 1 aliphatic heterocycles. The molecule has 9 heteroatoms. The van der Waals surface area contributed by atoms with Gasteiger partial charge in [0, 0.05) is 5.02 Å². The summed E-state index contributed by atoms with van der Waals surface area (Å²) < 4.78 is 5.71. The van der Waals surface area contributed by atoms with Crippen LogP contribution < -0.4 is 10.1 Å². The topological polar surface area (TPSA) is 100 Å². The van der Waals surface area contributed by atoms with Gasteiger partial charge in [0.2, 0.25) is 5.91 Å². The zero-order valence-electron chi connectivity index (χ0n) is 14.5. The number of benzene rings is 2. The molecule has 1 fully saturated rings. The second-order valence-corrected chi connectivity index (χ2v) is 7.46. The molecule has 0 aromatic heterocycles. The number of amidine groups is 1. The van der Waals surface area contributed by atoms with Gasteiger partial charge in [0.15, 0.2) is 5.17 Å². The van der Waals surface area contributed by atoms with Gasteiger partial charge in [-0.3, -0.25) is 9.59 Å². The molecular formula is C19H16ClN3O4S. The summed E-state index contributed by atoms with van der Waals surface area (Å²) in [6, 6.07) is 14.7. The molecule has 7 nitrogen and oxygen atoms in total. The van der Waals surface area contributed by atoms with E-state index in [1.165, 1.54) is 6.21 Å². The maximum absolute atomic E-state index is 11.6. The fraction of sp³-hybridized carbons (Fsp3) is 0.158. The van der Waals surface area contributed by atoms with Crippen molar-refractivity contribution in [2.75, 3.05) is 0 Å². The second-order valence-electron chi connectivity index (χ2n) is 5.83. The summed E-state index contributed by atoms with van der Waals surface area (Å²) in [5, 5.41) is 19.4. The van der Waals surface area contributed by atoms with Gasteiger partial charge in [0.05, 0.1) is 12.6 Å². The van der Waals surface area contributed by atoms with E-state index in [-0.39, 0.29) is 17.5 Å². The number of nitrogens with one attached hydrogen (secondary N) is 1. The van der Waals surface area contributed by atoms with Crippen LogP contribution in [0, 0.1) is 0 Å². The Bertz CT molecular complexity index is 914. The first-order chi connectivity index (χ1) is 13.5. The third-order valence-electron chi connectivity index (χ3n) is 3.69. The third kappa shape index (κ3) is 5.83. The number of thioether (sulfide) groups is 1. The van der Waals surface area contributed by atoms with Gasteiger partial charge in [-0.25, -0.2) is 0 Å². The van der Waals surface area contributed by atoms with Crippen LogP contribution in [-0.4, -0.2) is 33.6 Å². The van der Waals surface area contributed by atoms with Crippen LogP contribution in [0.2, 0.25) is 5.02 Å². The number of aliphatic carboxylic acids is 1. The van der Waals surface area contributed by atoms with E-state index in [0.29, 0.717) is 17.4 Å². The van der Waals surface area contributed by atoms with Crippen molar-refractivity contribution >= 4 is 46.6 Å². The van der Waals surface area contributed by atoms with Crippen LogP contribution in [-0.2, 0) is 16.2 Å². The van der Waals surface area contributed by atoms with E-state index < -0.39 is 11.2 Å². The molecule has 28 heavy (non-hydrogen) atoms. The van der Waals surface area contributed by atoms with Crippen LogP contribution in [0.1, 0.15) is 17.5 Å². The standard InChI is InChI=1S/C19H16ClN3O4S/c20-14-5-1-13(2-6-14)11-27-15-7-3-12(4-8-15)10-21-23-19-22-18(26)16(28-19)9-17(24)25/h1-8,10,16H,9,11H2,(H,24,25)(H,22,23,26)/b21-10+. The fourth-order valence-corrected chi connectivity index (χ4v) is 3.33.